The average Bonchev–Trinajstić information content (AvgIpc) is 3.94. The molecule has 0 saturated carbocycles. The summed E-state index contributed by atoms with van der Waals surface area (Å²) in [6, 6.07) is 22.2. The second kappa shape index (κ2) is 31.8. The number of hydrazone groups is 1. The van der Waals surface area contributed by atoms with Crippen LogP contribution in [0.1, 0.15) is 97.3 Å². The first-order chi connectivity index (χ1) is 37.8. The Labute approximate surface area is 464 Å². The predicted octanol–water partition coefficient (Wildman–Crippen LogP) is 8.37. The number of likely N-dealkylation sites (tertiary alicyclic amines) is 1. The molecule has 0 aliphatic carbocycles. The van der Waals surface area contributed by atoms with Crippen LogP contribution in [0.5, 0.6) is 23.0 Å². The summed E-state index contributed by atoms with van der Waals surface area (Å²) in [5, 5.41) is 12.7. The number of nitrogens with one attached hydrogen (secondary N) is 2. The summed E-state index contributed by atoms with van der Waals surface area (Å²) in [6.07, 6.45) is 3.77. The minimum atomic E-state index is -0.776. The topological polar surface area (TPSA) is 194 Å². The highest BCUT2D eigenvalue weighted by Crippen LogP contribution is 2.42. The molecular formula is C59H78ClN5O13. The van der Waals surface area contributed by atoms with Gasteiger partial charge in [0, 0.05) is 31.1 Å². The number of amidine groups is 1. The Morgan fingerprint density at radius 3 is 2.09 bits per heavy atom. The summed E-state index contributed by atoms with van der Waals surface area (Å²) in [6.45, 7) is 11.9. The molecule has 1 saturated heterocycles. The number of hydrogen-bond acceptors (Lipinski definition) is 15. The highest BCUT2D eigenvalue weighted by Gasteiger charge is 2.38. The van der Waals surface area contributed by atoms with E-state index in [4.69, 9.17) is 54.2 Å². The van der Waals surface area contributed by atoms with E-state index in [1.165, 1.54) is 32.5 Å². The molecule has 2 heterocycles. The zero-order chi connectivity index (χ0) is 55.8. The standard InChI is InChI=1S/C59H78ClN5O13/c1-8-48(45-36-52(70-5)57(72-7)53(37-45)71-6)58(68)64-24-10-9-14-50(64)59(69)78-51(20-18-43-17-15-40(2)42(4)34-43)44-12-11-13-47(35-44)77-39-56(67)61-23-27-74-29-31-76-33-32-75-30-28-73-26-22-55(66)62-54-21-25-65(63-54)46-19-16-41(3)49(60)38-46/h11-13,15-17,19,34-38,48,50-51H,8-10,14,18,20-33,39H2,1-7H3,(H,61,67)(H,62,63,66)/t48-,50-,51-/m0/s1. The maximum Gasteiger partial charge on any atom is 0.329 e. The van der Waals surface area contributed by atoms with Gasteiger partial charge in [0.25, 0.3) is 5.91 Å². The van der Waals surface area contributed by atoms with Gasteiger partial charge in [0.2, 0.25) is 17.6 Å². The molecule has 3 amide bonds. The number of anilines is 1. The molecule has 3 atom stereocenters. The van der Waals surface area contributed by atoms with Gasteiger partial charge in [-0.3, -0.25) is 19.4 Å². The number of ether oxygens (including phenoxy) is 9. The maximum atomic E-state index is 14.5. The first-order valence-corrected chi connectivity index (χ1v) is 27.3. The number of carbonyl (C=O) groups excluding carboxylic acids is 4. The van der Waals surface area contributed by atoms with E-state index in [1.54, 1.807) is 29.2 Å². The SMILES string of the molecule is CC[C@H](C(=O)N1CCCC[C@H]1C(=O)O[C@@H](CCc1ccc(C)c(C)c1)c1cccc(OCC(=O)NCCOCCOCCOCCOCCC(=O)NC2=NN(c3ccc(C)c(Cl)c3)CC2)c1)c1cc(OC)c(OC)c(OC)c1. The Hall–Kier alpha value is -6.44. The van der Waals surface area contributed by atoms with E-state index in [1.807, 2.05) is 49.2 Å². The van der Waals surface area contributed by atoms with Gasteiger partial charge in [0.1, 0.15) is 23.7 Å². The fraction of sp³-hybridized carbons (Fsp3) is 0.508. The van der Waals surface area contributed by atoms with Crippen LogP contribution in [0.15, 0.2) is 77.9 Å². The quantitative estimate of drug-likeness (QED) is 0.0361. The van der Waals surface area contributed by atoms with Crippen LogP contribution in [0.25, 0.3) is 0 Å². The van der Waals surface area contributed by atoms with E-state index in [0.29, 0.717) is 130 Å². The molecule has 0 bridgehead atoms. The number of benzene rings is 4. The van der Waals surface area contributed by atoms with Gasteiger partial charge in [0.05, 0.1) is 92.2 Å². The average molecular weight is 1100 g/mol. The lowest BCUT2D eigenvalue weighted by atomic mass is 9.91. The number of esters is 1. The molecule has 4 aromatic carbocycles. The molecule has 0 unspecified atom stereocenters. The Morgan fingerprint density at radius 2 is 1.42 bits per heavy atom. The normalized spacial score (nSPS) is 15.0. The van der Waals surface area contributed by atoms with Gasteiger partial charge in [-0.15, -0.1) is 0 Å². The van der Waals surface area contributed by atoms with Gasteiger partial charge >= 0.3 is 5.97 Å². The predicted molar refractivity (Wildman–Crippen MR) is 298 cm³/mol. The summed E-state index contributed by atoms with van der Waals surface area (Å²) < 4.78 is 51.4. The van der Waals surface area contributed by atoms with E-state index in [-0.39, 0.29) is 50.5 Å². The van der Waals surface area contributed by atoms with Crippen LogP contribution >= 0.6 is 11.6 Å². The number of nitrogens with zero attached hydrogens (tertiary/aromatic N) is 3. The monoisotopic (exact) mass is 1100 g/mol. The second-order valence-electron chi connectivity index (χ2n) is 19.2. The number of amides is 3. The fourth-order valence-corrected chi connectivity index (χ4v) is 9.33. The van der Waals surface area contributed by atoms with Crippen molar-refractivity contribution < 1.29 is 61.8 Å². The fourth-order valence-electron chi connectivity index (χ4n) is 9.16. The van der Waals surface area contributed by atoms with Crippen molar-refractivity contribution in [3.05, 3.63) is 111 Å². The summed E-state index contributed by atoms with van der Waals surface area (Å²) in [4.78, 5) is 55.7. The van der Waals surface area contributed by atoms with Gasteiger partial charge in [-0.25, -0.2) is 4.79 Å². The molecule has 1 fully saturated rings. The van der Waals surface area contributed by atoms with Crippen LogP contribution in [0.4, 0.5) is 5.69 Å². The third-order valence-electron chi connectivity index (χ3n) is 13.7. The third-order valence-corrected chi connectivity index (χ3v) is 14.1. The Kier molecular flexibility index (Phi) is 24.8. The molecular weight excluding hydrogens is 1020 g/mol. The Morgan fingerprint density at radius 1 is 0.731 bits per heavy atom. The van der Waals surface area contributed by atoms with Gasteiger partial charge in [-0.05, 0) is 129 Å². The highest BCUT2D eigenvalue weighted by atomic mass is 35.5. The van der Waals surface area contributed by atoms with Crippen molar-refractivity contribution in [3.8, 4) is 23.0 Å². The summed E-state index contributed by atoms with van der Waals surface area (Å²) in [5.41, 5.74) is 6.77. The Bertz CT molecular complexity index is 2610. The zero-order valence-electron chi connectivity index (χ0n) is 46.3. The van der Waals surface area contributed by atoms with Crippen LogP contribution in [0.2, 0.25) is 5.02 Å². The van der Waals surface area contributed by atoms with E-state index >= 15 is 0 Å². The minimum Gasteiger partial charge on any atom is -0.493 e. The molecule has 2 aliphatic heterocycles. The molecule has 2 aliphatic rings. The molecule has 0 spiro atoms. The van der Waals surface area contributed by atoms with Gasteiger partial charge in [-0.2, -0.15) is 5.10 Å². The van der Waals surface area contributed by atoms with Crippen LogP contribution in [-0.2, 0) is 49.3 Å². The number of methoxy groups -OCH3 is 3. The summed E-state index contributed by atoms with van der Waals surface area (Å²) in [7, 11) is 4.60. The van der Waals surface area contributed by atoms with Crippen molar-refractivity contribution >= 4 is 46.8 Å². The van der Waals surface area contributed by atoms with Crippen LogP contribution < -0.4 is 34.6 Å². The van der Waals surface area contributed by atoms with Crippen molar-refractivity contribution in [2.45, 2.75) is 97.1 Å². The zero-order valence-corrected chi connectivity index (χ0v) is 47.1. The molecule has 0 radical (unpaired) electrons. The number of carbonyl (C=O) groups is 4. The molecule has 18 nitrogen and oxygen atoms in total. The number of hydrogen-bond donors (Lipinski definition) is 2. The lowest BCUT2D eigenvalue weighted by molar-refractivity contribution is -0.162. The number of halogens is 1. The molecule has 19 heteroatoms. The van der Waals surface area contributed by atoms with Crippen LogP contribution in [-0.4, -0.2) is 141 Å². The van der Waals surface area contributed by atoms with E-state index < -0.39 is 24.0 Å². The smallest absolute Gasteiger partial charge is 0.329 e. The van der Waals surface area contributed by atoms with Crippen molar-refractivity contribution in [2.75, 3.05) is 105 Å². The number of piperidine rings is 1. The van der Waals surface area contributed by atoms with Crippen LogP contribution in [0.3, 0.4) is 0 Å². The van der Waals surface area contributed by atoms with Gasteiger partial charge in [-0.1, -0.05) is 54.9 Å². The van der Waals surface area contributed by atoms with Gasteiger partial charge in [0.15, 0.2) is 18.1 Å². The highest BCUT2D eigenvalue weighted by molar-refractivity contribution is 6.31. The molecule has 424 valence electrons. The maximum absolute atomic E-state index is 14.5. The molecule has 78 heavy (non-hydrogen) atoms. The van der Waals surface area contributed by atoms with Crippen molar-refractivity contribution in [1.29, 1.82) is 0 Å². The van der Waals surface area contributed by atoms with Gasteiger partial charge < -0.3 is 58.2 Å². The summed E-state index contributed by atoms with van der Waals surface area (Å²) >= 11 is 6.25. The van der Waals surface area contributed by atoms with Crippen molar-refractivity contribution in [2.24, 2.45) is 5.10 Å². The minimum absolute atomic E-state index is 0.159. The lowest BCUT2D eigenvalue weighted by Crippen LogP contribution is -2.50. The summed E-state index contributed by atoms with van der Waals surface area (Å²) in [5.74, 6) is 0.700. The first-order valence-electron chi connectivity index (χ1n) is 26.9. The molecule has 0 aromatic heterocycles. The van der Waals surface area contributed by atoms with Crippen molar-refractivity contribution in [1.82, 2.24) is 15.5 Å². The molecule has 4 aromatic rings. The first kappa shape index (κ1) is 60.8. The number of aryl methyl sites for hydroxylation is 4. The van der Waals surface area contributed by atoms with E-state index in [9.17, 15) is 19.2 Å². The van der Waals surface area contributed by atoms with E-state index in [0.717, 1.165) is 29.7 Å². The van der Waals surface area contributed by atoms with Crippen molar-refractivity contribution in [3.63, 3.8) is 0 Å². The van der Waals surface area contributed by atoms with Crippen LogP contribution in [0, 0.1) is 20.8 Å². The second-order valence-corrected chi connectivity index (χ2v) is 19.6. The molecule has 2 N–H and O–H groups in total. The third kappa shape index (κ3) is 18.3. The molecule has 6 rings (SSSR count). The Balaban J connectivity index is 0.885. The largest absolute Gasteiger partial charge is 0.493 e. The van der Waals surface area contributed by atoms with E-state index in [2.05, 4.69) is 47.8 Å². The number of rotatable bonds is 31. The lowest BCUT2D eigenvalue weighted by Gasteiger charge is -2.37.